The second kappa shape index (κ2) is 5.87. The first kappa shape index (κ1) is 12.9. The molecule has 0 N–H and O–H groups in total. The van der Waals surface area contributed by atoms with Crippen LogP contribution in [0.4, 0.5) is 5.82 Å². The second-order valence-corrected chi connectivity index (χ2v) is 4.95. The summed E-state index contributed by atoms with van der Waals surface area (Å²) in [6.45, 7) is 3.08. The van der Waals surface area contributed by atoms with Crippen LogP contribution in [-0.4, -0.2) is 22.6 Å². The molecular formula is C12H17Cl2N3. The highest BCUT2D eigenvalue weighted by Gasteiger charge is 2.25. The van der Waals surface area contributed by atoms with Gasteiger partial charge in [0, 0.05) is 18.2 Å². The van der Waals surface area contributed by atoms with Crippen molar-refractivity contribution in [3.05, 3.63) is 17.0 Å². The molecule has 2 rings (SSSR count). The molecule has 0 aliphatic heterocycles. The van der Waals surface area contributed by atoms with Crippen LogP contribution < -0.4 is 4.90 Å². The fourth-order valence-electron chi connectivity index (χ4n) is 2.54. The van der Waals surface area contributed by atoms with Gasteiger partial charge in [-0.2, -0.15) is 0 Å². The van der Waals surface area contributed by atoms with Crippen LogP contribution >= 0.6 is 23.2 Å². The summed E-state index contributed by atoms with van der Waals surface area (Å²) in [5.41, 5.74) is 0.851. The van der Waals surface area contributed by atoms with E-state index < -0.39 is 0 Å². The zero-order valence-electron chi connectivity index (χ0n) is 9.99. The van der Waals surface area contributed by atoms with Gasteiger partial charge in [0.15, 0.2) is 0 Å². The van der Waals surface area contributed by atoms with Crippen LogP contribution in [-0.2, 0) is 5.88 Å². The molecule has 1 fully saturated rings. The Labute approximate surface area is 112 Å². The fourth-order valence-corrected chi connectivity index (χ4v) is 3.05. The van der Waals surface area contributed by atoms with Crippen molar-refractivity contribution in [2.24, 2.45) is 0 Å². The molecule has 94 valence electrons. The second-order valence-electron chi connectivity index (χ2n) is 4.32. The van der Waals surface area contributed by atoms with Gasteiger partial charge in [-0.25, -0.2) is 9.97 Å². The predicted octanol–water partition coefficient (Wildman–Crippen LogP) is 3.64. The van der Waals surface area contributed by atoms with Crippen LogP contribution in [0.15, 0.2) is 6.33 Å². The molecule has 0 unspecified atom stereocenters. The molecule has 1 aromatic heterocycles. The van der Waals surface area contributed by atoms with Gasteiger partial charge in [-0.3, -0.25) is 0 Å². The zero-order valence-corrected chi connectivity index (χ0v) is 11.5. The third kappa shape index (κ3) is 2.66. The van der Waals surface area contributed by atoms with E-state index in [-0.39, 0.29) is 0 Å². The zero-order chi connectivity index (χ0) is 12.3. The Morgan fingerprint density at radius 2 is 2.06 bits per heavy atom. The van der Waals surface area contributed by atoms with Crippen molar-refractivity contribution < 1.29 is 0 Å². The number of hydrogen-bond donors (Lipinski definition) is 0. The highest BCUT2D eigenvalue weighted by atomic mass is 35.5. The molecule has 1 heterocycles. The molecule has 1 aliphatic carbocycles. The third-order valence-corrected chi connectivity index (χ3v) is 3.97. The van der Waals surface area contributed by atoms with E-state index in [4.69, 9.17) is 23.2 Å². The molecule has 0 spiro atoms. The van der Waals surface area contributed by atoms with Crippen molar-refractivity contribution in [3.8, 4) is 0 Å². The van der Waals surface area contributed by atoms with E-state index in [2.05, 4.69) is 21.8 Å². The van der Waals surface area contributed by atoms with Crippen molar-refractivity contribution in [3.63, 3.8) is 0 Å². The highest BCUT2D eigenvalue weighted by Crippen LogP contribution is 2.31. The highest BCUT2D eigenvalue weighted by molar-refractivity contribution is 6.31. The normalized spacial score (nSPS) is 16.4. The third-order valence-electron chi connectivity index (χ3n) is 3.38. The first-order valence-electron chi connectivity index (χ1n) is 6.10. The number of rotatable bonds is 4. The van der Waals surface area contributed by atoms with Crippen molar-refractivity contribution >= 4 is 29.0 Å². The molecule has 0 aromatic carbocycles. The van der Waals surface area contributed by atoms with E-state index >= 15 is 0 Å². The van der Waals surface area contributed by atoms with E-state index in [0.29, 0.717) is 17.1 Å². The molecule has 1 saturated carbocycles. The molecule has 0 bridgehead atoms. The number of anilines is 1. The number of nitrogens with zero attached hydrogens (tertiary/aromatic N) is 3. The van der Waals surface area contributed by atoms with E-state index in [9.17, 15) is 0 Å². The number of aromatic nitrogens is 2. The van der Waals surface area contributed by atoms with Gasteiger partial charge in [0.05, 0.1) is 5.88 Å². The quantitative estimate of drug-likeness (QED) is 0.620. The molecule has 0 amide bonds. The molecule has 17 heavy (non-hydrogen) atoms. The lowest BCUT2D eigenvalue weighted by Gasteiger charge is -2.30. The average Bonchev–Trinajstić information content (AvgIpc) is 2.84. The SMILES string of the molecule is CCN(c1ncnc(Cl)c1CCl)C1CCCC1. The van der Waals surface area contributed by atoms with Crippen LogP contribution in [0.1, 0.15) is 38.2 Å². The van der Waals surface area contributed by atoms with E-state index in [1.54, 1.807) is 0 Å². The molecule has 1 aromatic rings. The average molecular weight is 274 g/mol. The van der Waals surface area contributed by atoms with Gasteiger partial charge >= 0.3 is 0 Å². The Morgan fingerprint density at radius 3 is 2.65 bits per heavy atom. The van der Waals surface area contributed by atoms with E-state index in [1.165, 1.54) is 32.0 Å². The largest absolute Gasteiger partial charge is 0.354 e. The van der Waals surface area contributed by atoms with Gasteiger partial charge in [-0.1, -0.05) is 24.4 Å². The Balaban J connectivity index is 2.32. The van der Waals surface area contributed by atoms with Gasteiger partial charge in [-0.05, 0) is 19.8 Å². The van der Waals surface area contributed by atoms with Gasteiger partial charge in [-0.15, -0.1) is 11.6 Å². The minimum atomic E-state index is 0.359. The maximum absolute atomic E-state index is 6.08. The first-order valence-corrected chi connectivity index (χ1v) is 7.01. The Hall–Kier alpha value is -0.540. The van der Waals surface area contributed by atoms with Crippen LogP contribution in [0.25, 0.3) is 0 Å². The van der Waals surface area contributed by atoms with Crippen LogP contribution in [0.3, 0.4) is 0 Å². The first-order chi connectivity index (χ1) is 8.27. The summed E-state index contributed by atoms with van der Waals surface area (Å²) < 4.78 is 0. The monoisotopic (exact) mass is 273 g/mol. The maximum Gasteiger partial charge on any atom is 0.138 e. The lowest BCUT2D eigenvalue weighted by atomic mass is 10.2. The molecule has 5 heteroatoms. The lowest BCUT2D eigenvalue weighted by Crippen LogP contribution is -2.34. The van der Waals surface area contributed by atoms with Crippen molar-refractivity contribution in [1.29, 1.82) is 0 Å². The predicted molar refractivity (Wildman–Crippen MR) is 71.9 cm³/mol. The molecule has 0 radical (unpaired) electrons. The molecule has 3 nitrogen and oxygen atoms in total. The van der Waals surface area contributed by atoms with Gasteiger partial charge < -0.3 is 4.90 Å². The van der Waals surface area contributed by atoms with Crippen LogP contribution in [0.5, 0.6) is 0 Å². The maximum atomic E-state index is 6.08. The number of halogens is 2. The lowest BCUT2D eigenvalue weighted by molar-refractivity contribution is 0.610. The summed E-state index contributed by atoms with van der Waals surface area (Å²) in [6.07, 6.45) is 6.59. The molecule has 0 atom stereocenters. The Kier molecular flexibility index (Phi) is 4.46. The minimum Gasteiger partial charge on any atom is -0.354 e. The van der Waals surface area contributed by atoms with E-state index in [0.717, 1.165) is 17.9 Å². The summed E-state index contributed by atoms with van der Waals surface area (Å²) in [7, 11) is 0. The summed E-state index contributed by atoms with van der Waals surface area (Å²) in [6, 6.07) is 0.577. The summed E-state index contributed by atoms with van der Waals surface area (Å²) in [4.78, 5) is 10.7. The molecule has 0 saturated heterocycles. The van der Waals surface area contributed by atoms with Gasteiger partial charge in [0.25, 0.3) is 0 Å². The van der Waals surface area contributed by atoms with Crippen LogP contribution in [0, 0.1) is 0 Å². The minimum absolute atomic E-state index is 0.359. The summed E-state index contributed by atoms with van der Waals surface area (Å²) >= 11 is 12.0. The summed E-state index contributed by atoms with van der Waals surface area (Å²) in [5.74, 6) is 1.27. The fraction of sp³-hybridized carbons (Fsp3) is 0.667. The van der Waals surface area contributed by atoms with Crippen molar-refractivity contribution in [2.75, 3.05) is 11.4 Å². The van der Waals surface area contributed by atoms with Crippen LogP contribution in [0.2, 0.25) is 5.15 Å². The number of hydrogen-bond acceptors (Lipinski definition) is 3. The standard InChI is InChI=1S/C12H17Cl2N3/c1-2-17(9-5-3-4-6-9)12-10(7-13)11(14)15-8-16-12/h8-9H,2-7H2,1H3. The van der Waals surface area contributed by atoms with Gasteiger partial charge in [0.2, 0.25) is 0 Å². The van der Waals surface area contributed by atoms with Crippen molar-refractivity contribution in [2.45, 2.75) is 44.5 Å². The molecular weight excluding hydrogens is 257 g/mol. The number of alkyl halides is 1. The van der Waals surface area contributed by atoms with E-state index in [1.807, 2.05) is 0 Å². The van der Waals surface area contributed by atoms with Crippen molar-refractivity contribution in [1.82, 2.24) is 9.97 Å². The topological polar surface area (TPSA) is 29.0 Å². The van der Waals surface area contributed by atoms with Gasteiger partial charge in [0.1, 0.15) is 17.3 Å². The Morgan fingerprint density at radius 1 is 1.35 bits per heavy atom. The Bertz CT molecular complexity index is 378. The molecule has 1 aliphatic rings. The smallest absolute Gasteiger partial charge is 0.138 e. The summed E-state index contributed by atoms with van der Waals surface area (Å²) in [5, 5.41) is 0.474.